The largest absolute Gasteiger partial charge is 0.299 e. The number of terminal acetylenes is 1. The molecule has 19 heavy (non-hydrogen) atoms. The van der Waals surface area contributed by atoms with E-state index in [0.29, 0.717) is 19.3 Å². The number of benzene rings is 1. The van der Waals surface area contributed by atoms with Crippen LogP contribution in [0.3, 0.4) is 0 Å². The van der Waals surface area contributed by atoms with Crippen molar-refractivity contribution in [3.05, 3.63) is 34.3 Å². The molecule has 2 rings (SSSR count). The predicted octanol–water partition coefficient (Wildman–Crippen LogP) is 3.49. The second-order valence-corrected chi connectivity index (χ2v) is 5.97. The minimum absolute atomic E-state index is 0.0328. The zero-order chi connectivity index (χ0) is 14.0. The molecule has 0 aromatic heterocycles. The van der Waals surface area contributed by atoms with E-state index in [2.05, 4.69) is 21.9 Å². The first kappa shape index (κ1) is 14.0. The van der Waals surface area contributed by atoms with Crippen LogP contribution in [0.5, 0.6) is 0 Å². The van der Waals surface area contributed by atoms with Crippen LogP contribution < -0.4 is 0 Å². The number of carbonyl (C=O) groups is 2. The average Bonchev–Trinajstić information content (AvgIpc) is 2.39. The maximum Gasteiger partial charge on any atom is 0.147 e. The van der Waals surface area contributed by atoms with Gasteiger partial charge in [0.05, 0.1) is 5.92 Å². The van der Waals surface area contributed by atoms with Crippen LogP contribution in [-0.4, -0.2) is 11.6 Å². The molecule has 2 nitrogen and oxygen atoms in total. The Balaban J connectivity index is 2.46. The van der Waals surface area contributed by atoms with Gasteiger partial charge in [0.25, 0.3) is 0 Å². The van der Waals surface area contributed by atoms with Gasteiger partial charge in [-0.15, -0.1) is 6.42 Å². The molecule has 0 radical (unpaired) electrons. The second-order valence-electron chi connectivity index (χ2n) is 5.05. The third-order valence-corrected chi connectivity index (χ3v) is 4.44. The normalized spacial score (nSPS) is 19.8. The summed E-state index contributed by atoms with van der Waals surface area (Å²) in [5, 5.41) is 0. The van der Waals surface area contributed by atoms with Crippen LogP contribution >= 0.6 is 15.9 Å². The number of carbonyl (C=O) groups excluding carboxylic acids is 2. The SMILES string of the molecule is C#C[C@@H](c1ccc(Br)cc1)C1(C)C(=O)CCCC1=O. The van der Waals surface area contributed by atoms with Gasteiger partial charge in [0.1, 0.15) is 17.0 Å². The molecular formula is C16H15BrO2. The molecule has 1 aromatic rings. The quantitative estimate of drug-likeness (QED) is 0.618. The fourth-order valence-corrected chi connectivity index (χ4v) is 2.92. The van der Waals surface area contributed by atoms with Crippen LogP contribution in [0.15, 0.2) is 28.7 Å². The van der Waals surface area contributed by atoms with E-state index in [-0.39, 0.29) is 11.6 Å². The maximum absolute atomic E-state index is 12.2. The molecule has 0 spiro atoms. The van der Waals surface area contributed by atoms with Crippen molar-refractivity contribution in [2.45, 2.75) is 32.1 Å². The molecule has 3 heteroatoms. The zero-order valence-electron chi connectivity index (χ0n) is 10.8. The van der Waals surface area contributed by atoms with E-state index >= 15 is 0 Å². The molecule has 1 aliphatic carbocycles. The molecule has 0 N–H and O–H groups in total. The van der Waals surface area contributed by atoms with Crippen LogP contribution in [0.4, 0.5) is 0 Å². The van der Waals surface area contributed by atoms with Gasteiger partial charge in [-0.1, -0.05) is 34.0 Å². The fraction of sp³-hybridized carbons (Fsp3) is 0.375. The van der Waals surface area contributed by atoms with Crippen LogP contribution in [0, 0.1) is 17.8 Å². The average molecular weight is 319 g/mol. The second kappa shape index (κ2) is 5.30. The Morgan fingerprint density at radius 1 is 1.21 bits per heavy atom. The molecule has 0 amide bonds. The van der Waals surface area contributed by atoms with Crippen molar-refractivity contribution in [3.63, 3.8) is 0 Å². The Morgan fingerprint density at radius 2 is 1.74 bits per heavy atom. The molecule has 1 aliphatic rings. The number of hydrogen-bond donors (Lipinski definition) is 0. The molecule has 98 valence electrons. The molecular weight excluding hydrogens is 304 g/mol. The van der Waals surface area contributed by atoms with E-state index in [4.69, 9.17) is 6.42 Å². The maximum atomic E-state index is 12.2. The summed E-state index contributed by atoms with van der Waals surface area (Å²) in [4.78, 5) is 24.5. The first-order valence-corrected chi connectivity index (χ1v) is 7.07. The fourth-order valence-electron chi connectivity index (χ4n) is 2.66. The lowest BCUT2D eigenvalue weighted by molar-refractivity contribution is -0.143. The Bertz CT molecular complexity index is 535. The van der Waals surface area contributed by atoms with Crippen molar-refractivity contribution in [1.29, 1.82) is 0 Å². The molecule has 0 saturated heterocycles. The monoisotopic (exact) mass is 318 g/mol. The topological polar surface area (TPSA) is 34.1 Å². The van der Waals surface area contributed by atoms with E-state index < -0.39 is 11.3 Å². The van der Waals surface area contributed by atoms with Crippen molar-refractivity contribution in [1.82, 2.24) is 0 Å². The number of hydrogen-bond acceptors (Lipinski definition) is 2. The Hall–Kier alpha value is -1.40. The van der Waals surface area contributed by atoms with Crippen LogP contribution in [-0.2, 0) is 9.59 Å². The first-order valence-electron chi connectivity index (χ1n) is 6.28. The van der Waals surface area contributed by atoms with E-state index in [1.807, 2.05) is 24.3 Å². The third-order valence-electron chi connectivity index (χ3n) is 3.91. The highest BCUT2D eigenvalue weighted by atomic mass is 79.9. The minimum Gasteiger partial charge on any atom is -0.299 e. The van der Waals surface area contributed by atoms with Gasteiger partial charge in [0.2, 0.25) is 0 Å². The lowest BCUT2D eigenvalue weighted by Crippen LogP contribution is -2.44. The van der Waals surface area contributed by atoms with Crippen molar-refractivity contribution in [2.24, 2.45) is 5.41 Å². The van der Waals surface area contributed by atoms with Gasteiger partial charge >= 0.3 is 0 Å². The van der Waals surface area contributed by atoms with Gasteiger partial charge in [-0.05, 0) is 31.0 Å². The van der Waals surface area contributed by atoms with E-state index in [1.54, 1.807) is 6.92 Å². The number of ketones is 2. The highest BCUT2D eigenvalue weighted by Gasteiger charge is 2.48. The summed E-state index contributed by atoms with van der Waals surface area (Å²) < 4.78 is 0.943. The number of rotatable bonds is 2. The minimum atomic E-state index is -1.07. The molecule has 0 aliphatic heterocycles. The molecule has 1 atom stereocenters. The lowest BCUT2D eigenvalue weighted by atomic mass is 9.64. The number of halogens is 1. The Morgan fingerprint density at radius 3 is 2.21 bits per heavy atom. The van der Waals surface area contributed by atoms with Crippen LogP contribution in [0.1, 0.15) is 37.7 Å². The third kappa shape index (κ3) is 2.37. The predicted molar refractivity (Wildman–Crippen MR) is 77.7 cm³/mol. The van der Waals surface area contributed by atoms with E-state index in [0.717, 1.165) is 10.0 Å². The van der Waals surface area contributed by atoms with Crippen molar-refractivity contribution < 1.29 is 9.59 Å². The van der Waals surface area contributed by atoms with Gasteiger partial charge in [0.15, 0.2) is 0 Å². The molecule has 0 unspecified atom stereocenters. The molecule has 0 bridgehead atoms. The summed E-state index contributed by atoms with van der Waals surface area (Å²) in [7, 11) is 0. The standard InChI is InChI=1S/C16H15BrO2/c1-3-13(11-7-9-12(17)10-8-11)16(2)14(18)5-4-6-15(16)19/h1,7-10,13H,4-6H2,2H3/t13-/m0/s1. The van der Waals surface area contributed by atoms with Gasteiger partial charge in [-0.3, -0.25) is 9.59 Å². The van der Waals surface area contributed by atoms with Crippen molar-refractivity contribution in [3.8, 4) is 12.3 Å². The molecule has 0 heterocycles. The summed E-state index contributed by atoms with van der Waals surface area (Å²) in [6.07, 6.45) is 7.14. The van der Waals surface area contributed by atoms with Gasteiger partial charge in [-0.2, -0.15) is 0 Å². The van der Waals surface area contributed by atoms with Crippen molar-refractivity contribution in [2.75, 3.05) is 0 Å². The Labute approximate surface area is 121 Å². The van der Waals surface area contributed by atoms with E-state index in [9.17, 15) is 9.59 Å². The van der Waals surface area contributed by atoms with Crippen LogP contribution in [0.25, 0.3) is 0 Å². The van der Waals surface area contributed by atoms with Crippen molar-refractivity contribution >= 4 is 27.5 Å². The van der Waals surface area contributed by atoms with Gasteiger partial charge < -0.3 is 0 Å². The summed E-state index contributed by atoms with van der Waals surface area (Å²) >= 11 is 3.36. The molecule has 1 saturated carbocycles. The summed E-state index contributed by atoms with van der Waals surface area (Å²) in [5.74, 6) is 2.10. The van der Waals surface area contributed by atoms with Gasteiger partial charge in [-0.25, -0.2) is 0 Å². The van der Waals surface area contributed by atoms with Gasteiger partial charge in [0, 0.05) is 17.3 Å². The highest BCUT2D eigenvalue weighted by molar-refractivity contribution is 9.10. The first-order chi connectivity index (χ1) is 9.00. The van der Waals surface area contributed by atoms with Crippen LogP contribution in [0.2, 0.25) is 0 Å². The summed E-state index contributed by atoms with van der Waals surface area (Å²) in [5.41, 5.74) is -0.224. The zero-order valence-corrected chi connectivity index (χ0v) is 12.4. The summed E-state index contributed by atoms with van der Waals surface area (Å²) in [6, 6.07) is 7.49. The lowest BCUT2D eigenvalue weighted by Gasteiger charge is -2.35. The molecule has 1 aromatic carbocycles. The Kier molecular flexibility index (Phi) is 3.91. The summed E-state index contributed by atoms with van der Waals surface area (Å²) in [6.45, 7) is 1.70. The number of Topliss-reactive ketones (excluding diaryl/α,β-unsaturated/α-hetero) is 2. The smallest absolute Gasteiger partial charge is 0.147 e. The van der Waals surface area contributed by atoms with E-state index in [1.165, 1.54) is 0 Å². The molecule has 1 fully saturated rings. The highest BCUT2D eigenvalue weighted by Crippen LogP contribution is 2.42.